The largest absolute Gasteiger partial charge is 0.356 e. The lowest BCUT2D eigenvalue weighted by Gasteiger charge is -2.02. The van der Waals surface area contributed by atoms with E-state index in [1.165, 1.54) is 11.8 Å². The fourth-order valence-corrected chi connectivity index (χ4v) is 1.91. The third-order valence-electron chi connectivity index (χ3n) is 1.44. The van der Waals surface area contributed by atoms with E-state index in [-0.39, 0.29) is 6.42 Å². The van der Waals surface area contributed by atoms with Crippen LogP contribution in [-0.2, 0) is 9.63 Å². The average Bonchev–Trinajstić information content (AvgIpc) is 2.21. The Bertz CT molecular complexity index is 337. The molecule has 3 N–H and O–H groups in total. The van der Waals surface area contributed by atoms with Crippen LogP contribution >= 0.6 is 23.4 Å². The van der Waals surface area contributed by atoms with Crippen molar-refractivity contribution in [1.29, 1.82) is 0 Å². The zero-order valence-corrected chi connectivity index (χ0v) is 9.35. The number of nitrogens with zero attached hydrogens (tertiary/aromatic N) is 1. The predicted octanol–water partition coefficient (Wildman–Crippen LogP) is 1.14. The molecule has 0 unspecified atom stereocenters. The molecule has 5 nitrogen and oxygen atoms in total. The van der Waals surface area contributed by atoms with Crippen LogP contribution in [0.25, 0.3) is 0 Å². The molecule has 0 amide bonds. The fraction of sp³-hybridized carbons (Fsp3) is 0.250. The van der Waals surface area contributed by atoms with Crippen molar-refractivity contribution >= 4 is 29.3 Å². The first-order valence-electron chi connectivity index (χ1n) is 4.12. The lowest BCUT2D eigenvalue weighted by molar-refractivity contribution is -0.150. The first-order valence-corrected chi connectivity index (χ1v) is 5.49. The second kappa shape index (κ2) is 6.62. The monoisotopic (exact) mass is 247 g/mol. The normalized spacial score (nSPS) is 10.0. The van der Waals surface area contributed by atoms with Gasteiger partial charge >= 0.3 is 5.97 Å². The third-order valence-corrected chi connectivity index (χ3v) is 2.87. The highest BCUT2D eigenvalue weighted by molar-refractivity contribution is 7.99. The number of nitrogens with two attached hydrogens (primary N) is 1. The van der Waals surface area contributed by atoms with Crippen LogP contribution in [0.4, 0.5) is 0 Å². The number of rotatable bonds is 5. The molecule has 7 heteroatoms. The minimum atomic E-state index is -0.419. The van der Waals surface area contributed by atoms with Crippen molar-refractivity contribution in [3.05, 3.63) is 23.4 Å². The van der Waals surface area contributed by atoms with Crippen molar-refractivity contribution < 1.29 is 9.63 Å². The number of halogens is 1. The summed E-state index contributed by atoms with van der Waals surface area (Å²) in [6.07, 6.45) is 1.88. The zero-order chi connectivity index (χ0) is 11.1. The van der Waals surface area contributed by atoms with Crippen LogP contribution < -0.4 is 11.4 Å². The Morgan fingerprint density at radius 2 is 2.53 bits per heavy atom. The number of carbonyl (C=O) groups is 1. The van der Waals surface area contributed by atoms with Crippen molar-refractivity contribution in [2.24, 2.45) is 5.84 Å². The second-order valence-electron chi connectivity index (χ2n) is 2.48. The van der Waals surface area contributed by atoms with Gasteiger partial charge in [0.2, 0.25) is 0 Å². The standard InChI is InChI=1S/C8H10ClN3O2S/c9-6-2-1-4-11-8(6)15-5-3-7(13)14-12-10/h1-2,4,12H,3,5,10H2. The number of hydrazine groups is 1. The van der Waals surface area contributed by atoms with E-state index >= 15 is 0 Å². The molecule has 15 heavy (non-hydrogen) atoms. The molecule has 0 saturated carbocycles. The van der Waals surface area contributed by atoms with Gasteiger partial charge < -0.3 is 4.84 Å². The summed E-state index contributed by atoms with van der Waals surface area (Å²) in [6.45, 7) is 0. The van der Waals surface area contributed by atoms with Crippen LogP contribution in [0.5, 0.6) is 0 Å². The summed E-state index contributed by atoms with van der Waals surface area (Å²) < 4.78 is 0. The summed E-state index contributed by atoms with van der Waals surface area (Å²) in [6, 6.07) is 3.50. The summed E-state index contributed by atoms with van der Waals surface area (Å²) in [5.74, 6) is 4.92. The summed E-state index contributed by atoms with van der Waals surface area (Å²) >= 11 is 7.26. The van der Waals surface area contributed by atoms with Crippen LogP contribution in [0.3, 0.4) is 0 Å². The van der Waals surface area contributed by atoms with Gasteiger partial charge in [0.15, 0.2) is 0 Å². The van der Waals surface area contributed by atoms with Crippen molar-refractivity contribution in [1.82, 2.24) is 10.6 Å². The minimum Gasteiger partial charge on any atom is -0.356 e. The molecule has 0 aliphatic rings. The van der Waals surface area contributed by atoms with Crippen molar-refractivity contribution in [2.45, 2.75) is 11.4 Å². The molecule has 82 valence electrons. The summed E-state index contributed by atoms with van der Waals surface area (Å²) in [4.78, 5) is 19.3. The van der Waals surface area contributed by atoms with E-state index in [0.717, 1.165) is 0 Å². The highest BCUT2D eigenvalue weighted by Gasteiger charge is 2.05. The van der Waals surface area contributed by atoms with Gasteiger partial charge in [0.25, 0.3) is 0 Å². The van der Waals surface area contributed by atoms with Crippen LogP contribution in [0.15, 0.2) is 23.4 Å². The highest BCUT2D eigenvalue weighted by atomic mass is 35.5. The molecule has 0 atom stereocenters. The maximum atomic E-state index is 10.9. The number of aromatic nitrogens is 1. The molecule has 1 rings (SSSR count). The quantitative estimate of drug-likeness (QED) is 0.462. The summed E-state index contributed by atoms with van der Waals surface area (Å²) in [5.41, 5.74) is 1.83. The Morgan fingerprint density at radius 3 is 3.20 bits per heavy atom. The van der Waals surface area contributed by atoms with E-state index in [1.54, 1.807) is 18.3 Å². The summed E-state index contributed by atoms with van der Waals surface area (Å²) in [7, 11) is 0. The smallest absolute Gasteiger partial charge is 0.327 e. The van der Waals surface area contributed by atoms with Crippen LogP contribution in [-0.4, -0.2) is 16.7 Å². The van der Waals surface area contributed by atoms with E-state index in [9.17, 15) is 4.79 Å². The van der Waals surface area contributed by atoms with E-state index in [2.05, 4.69) is 9.82 Å². The molecule has 0 bridgehead atoms. The van der Waals surface area contributed by atoms with E-state index in [4.69, 9.17) is 17.4 Å². The highest BCUT2D eigenvalue weighted by Crippen LogP contribution is 2.24. The Morgan fingerprint density at radius 1 is 1.73 bits per heavy atom. The Labute approximate surface area is 96.3 Å². The number of hydrogen-bond acceptors (Lipinski definition) is 6. The molecule has 0 aliphatic heterocycles. The maximum Gasteiger partial charge on any atom is 0.327 e. The van der Waals surface area contributed by atoms with Crippen LogP contribution in [0.2, 0.25) is 5.02 Å². The van der Waals surface area contributed by atoms with Gasteiger partial charge in [-0.05, 0) is 12.1 Å². The van der Waals surface area contributed by atoms with Gasteiger partial charge in [-0.25, -0.2) is 10.8 Å². The van der Waals surface area contributed by atoms with Crippen LogP contribution in [0.1, 0.15) is 6.42 Å². The average molecular weight is 248 g/mol. The molecule has 0 fully saturated rings. The molecule has 0 saturated heterocycles. The van der Waals surface area contributed by atoms with Crippen LogP contribution in [0, 0.1) is 0 Å². The van der Waals surface area contributed by atoms with Gasteiger partial charge in [0, 0.05) is 11.9 Å². The Hall–Kier alpha value is -0.820. The van der Waals surface area contributed by atoms with Gasteiger partial charge in [0.1, 0.15) is 5.03 Å². The van der Waals surface area contributed by atoms with Crippen molar-refractivity contribution in [3.8, 4) is 0 Å². The lowest BCUT2D eigenvalue weighted by Crippen LogP contribution is -2.26. The molecular weight excluding hydrogens is 238 g/mol. The predicted molar refractivity (Wildman–Crippen MR) is 58.0 cm³/mol. The molecule has 1 heterocycles. The van der Waals surface area contributed by atoms with Gasteiger partial charge in [-0.3, -0.25) is 4.79 Å². The molecule has 0 radical (unpaired) electrons. The molecular formula is C8H10ClN3O2S. The third kappa shape index (κ3) is 4.48. The van der Waals surface area contributed by atoms with Gasteiger partial charge in [-0.15, -0.1) is 11.8 Å². The Kier molecular flexibility index (Phi) is 5.41. The second-order valence-corrected chi connectivity index (χ2v) is 3.97. The fourth-order valence-electron chi connectivity index (χ4n) is 0.825. The first kappa shape index (κ1) is 12.3. The number of hydrogen-bond donors (Lipinski definition) is 2. The number of carbonyl (C=O) groups excluding carboxylic acids is 1. The molecule has 0 aliphatic carbocycles. The molecule has 0 aromatic carbocycles. The first-order chi connectivity index (χ1) is 7.24. The van der Waals surface area contributed by atoms with Crippen molar-refractivity contribution in [3.63, 3.8) is 0 Å². The van der Waals surface area contributed by atoms with Gasteiger partial charge in [-0.2, -0.15) is 0 Å². The van der Waals surface area contributed by atoms with Gasteiger partial charge in [0.05, 0.1) is 11.4 Å². The van der Waals surface area contributed by atoms with E-state index in [1.807, 2.05) is 5.59 Å². The zero-order valence-electron chi connectivity index (χ0n) is 7.77. The molecule has 0 spiro atoms. The number of nitrogens with one attached hydrogen (secondary N) is 1. The summed E-state index contributed by atoms with van der Waals surface area (Å²) in [5, 5.41) is 1.28. The van der Waals surface area contributed by atoms with E-state index < -0.39 is 5.97 Å². The molecule has 1 aromatic heterocycles. The van der Waals surface area contributed by atoms with E-state index in [0.29, 0.717) is 15.8 Å². The molecule has 1 aromatic rings. The Balaban J connectivity index is 2.32. The topological polar surface area (TPSA) is 77.2 Å². The SMILES string of the molecule is NNOC(=O)CCSc1ncccc1Cl. The van der Waals surface area contributed by atoms with Gasteiger partial charge in [-0.1, -0.05) is 17.2 Å². The minimum absolute atomic E-state index is 0.238. The number of thioether (sulfide) groups is 1. The number of pyridine rings is 1. The maximum absolute atomic E-state index is 10.9. The lowest BCUT2D eigenvalue weighted by atomic mass is 10.5. The van der Waals surface area contributed by atoms with Crippen molar-refractivity contribution in [2.75, 3.05) is 5.75 Å².